The van der Waals surface area contributed by atoms with E-state index in [1.54, 1.807) is 42.6 Å². The minimum absolute atomic E-state index is 0.198. The number of anilines is 1. The lowest BCUT2D eigenvalue weighted by Crippen LogP contribution is -2.25. The van der Waals surface area contributed by atoms with Crippen LogP contribution in [0.25, 0.3) is 6.08 Å². The van der Waals surface area contributed by atoms with Gasteiger partial charge in [-0.3, -0.25) is 14.6 Å². The predicted octanol–water partition coefficient (Wildman–Crippen LogP) is 2.87. The number of carbonyl (C=O) groups is 2. The summed E-state index contributed by atoms with van der Waals surface area (Å²) in [5, 5.41) is 5.53. The molecule has 0 saturated heterocycles. The molecule has 0 aliphatic rings. The van der Waals surface area contributed by atoms with Crippen LogP contribution in [0.3, 0.4) is 0 Å². The molecule has 1 aromatic heterocycles. The number of hydrogen-bond acceptors (Lipinski definition) is 3. The molecule has 0 fully saturated rings. The maximum absolute atomic E-state index is 12.1. The predicted molar refractivity (Wildman–Crippen MR) is 91.0 cm³/mol. The van der Waals surface area contributed by atoms with E-state index in [0.717, 1.165) is 6.42 Å². The Balaban J connectivity index is 2.06. The molecule has 1 heterocycles. The molecule has 5 nitrogen and oxygen atoms in total. The maximum atomic E-state index is 12.1. The molecule has 2 rings (SSSR count). The number of carbonyl (C=O) groups excluding carboxylic acids is 2. The van der Waals surface area contributed by atoms with Gasteiger partial charge in [0.2, 0.25) is 5.91 Å². The highest BCUT2D eigenvalue weighted by Crippen LogP contribution is 2.15. The molecule has 0 atom stereocenters. The van der Waals surface area contributed by atoms with Crippen LogP contribution < -0.4 is 10.6 Å². The zero-order chi connectivity index (χ0) is 16.5. The van der Waals surface area contributed by atoms with E-state index in [1.165, 1.54) is 6.08 Å². The average molecular weight is 309 g/mol. The van der Waals surface area contributed by atoms with Gasteiger partial charge in [0.05, 0.1) is 16.9 Å². The summed E-state index contributed by atoms with van der Waals surface area (Å²) in [6.07, 6.45) is 5.52. The topological polar surface area (TPSA) is 71.1 Å². The Morgan fingerprint density at radius 2 is 1.91 bits per heavy atom. The molecule has 0 bridgehead atoms. The molecule has 2 amide bonds. The van der Waals surface area contributed by atoms with Crippen molar-refractivity contribution in [3.8, 4) is 0 Å². The van der Waals surface area contributed by atoms with Crippen LogP contribution >= 0.6 is 0 Å². The van der Waals surface area contributed by atoms with Crippen molar-refractivity contribution in [2.75, 3.05) is 11.9 Å². The number of pyridine rings is 1. The van der Waals surface area contributed by atoms with Crippen molar-refractivity contribution >= 4 is 23.6 Å². The van der Waals surface area contributed by atoms with Gasteiger partial charge < -0.3 is 10.6 Å². The first-order valence-corrected chi connectivity index (χ1v) is 7.48. The summed E-state index contributed by atoms with van der Waals surface area (Å²) in [5.74, 6) is -0.511. The largest absolute Gasteiger partial charge is 0.352 e. The second-order valence-corrected chi connectivity index (χ2v) is 4.88. The van der Waals surface area contributed by atoms with Crippen LogP contribution in [-0.2, 0) is 4.79 Å². The zero-order valence-corrected chi connectivity index (χ0v) is 13.0. The van der Waals surface area contributed by atoms with E-state index in [2.05, 4.69) is 15.6 Å². The second kappa shape index (κ2) is 8.48. The number of para-hydroxylation sites is 1. The van der Waals surface area contributed by atoms with Gasteiger partial charge in [-0.2, -0.15) is 0 Å². The lowest BCUT2D eigenvalue weighted by Gasteiger charge is -2.09. The number of aromatic nitrogens is 1. The minimum atomic E-state index is -0.314. The van der Waals surface area contributed by atoms with Crippen LogP contribution in [0, 0.1) is 0 Å². The van der Waals surface area contributed by atoms with Crippen molar-refractivity contribution in [2.24, 2.45) is 0 Å². The Morgan fingerprint density at radius 1 is 1.13 bits per heavy atom. The molecule has 1 aromatic carbocycles. The quantitative estimate of drug-likeness (QED) is 0.806. The third-order valence-electron chi connectivity index (χ3n) is 3.06. The Morgan fingerprint density at radius 3 is 2.65 bits per heavy atom. The van der Waals surface area contributed by atoms with Crippen molar-refractivity contribution in [1.82, 2.24) is 10.3 Å². The number of nitrogens with zero attached hydrogens (tertiary/aromatic N) is 1. The molecule has 0 radical (unpaired) electrons. The summed E-state index contributed by atoms with van der Waals surface area (Å²) < 4.78 is 0. The van der Waals surface area contributed by atoms with E-state index in [9.17, 15) is 9.59 Å². The number of nitrogens with one attached hydrogen (secondary N) is 2. The van der Waals surface area contributed by atoms with E-state index < -0.39 is 0 Å². The lowest BCUT2D eigenvalue weighted by molar-refractivity contribution is -0.111. The van der Waals surface area contributed by atoms with Crippen molar-refractivity contribution in [2.45, 2.75) is 13.3 Å². The lowest BCUT2D eigenvalue weighted by atomic mass is 10.1. The molecule has 5 heteroatoms. The molecule has 0 unspecified atom stereocenters. The van der Waals surface area contributed by atoms with Crippen LogP contribution in [0.15, 0.2) is 54.7 Å². The van der Waals surface area contributed by atoms with Crippen molar-refractivity contribution in [3.63, 3.8) is 0 Å². The first kappa shape index (κ1) is 16.4. The fourth-order valence-electron chi connectivity index (χ4n) is 1.93. The fourth-order valence-corrected chi connectivity index (χ4v) is 1.93. The molecule has 23 heavy (non-hydrogen) atoms. The van der Waals surface area contributed by atoms with E-state index in [1.807, 2.05) is 19.1 Å². The third-order valence-corrected chi connectivity index (χ3v) is 3.06. The van der Waals surface area contributed by atoms with Gasteiger partial charge in [0.15, 0.2) is 0 Å². The molecule has 0 spiro atoms. The molecule has 118 valence electrons. The summed E-state index contributed by atoms with van der Waals surface area (Å²) in [5.41, 5.74) is 1.62. The van der Waals surface area contributed by atoms with Gasteiger partial charge in [0.1, 0.15) is 0 Å². The van der Waals surface area contributed by atoms with E-state index in [4.69, 9.17) is 0 Å². The first-order chi connectivity index (χ1) is 11.2. The maximum Gasteiger partial charge on any atom is 0.253 e. The molecular weight excluding hydrogens is 290 g/mol. The SMILES string of the molecule is CCCNC(=O)c1ccccc1NC(=O)C=Cc1ccccn1. The highest BCUT2D eigenvalue weighted by molar-refractivity contribution is 6.07. The standard InChI is InChI=1S/C18H19N3O2/c1-2-12-20-18(23)15-8-3-4-9-16(15)21-17(22)11-10-14-7-5-6-13-19-14/h3-11,13H,2,12H2,1H3,(H,20,23)(H,21,22). The normalized spacial score (nSPS) is 10.5. The van der Waals surface area contributed by atoms with Gasteiger partial charge in [-0.1, -0.05) is 25.1 Å². The molecule has 2 N–H and O–H groups in total. The van der Waals surface area contributed by atoms with Gasteiger partial charge in [-0.15, -0.1) is 0 Å². The number of hydrogen-bond donors (Lipinski definition) is 2. The summed E-state index contributed by atoms with van der Waals surface area (Å²) in [7, 11) is 0. The van der Waals surface area contributed by atoms with Crippen molar-refractivity contribution in [1.29, 1.82) is 0 Å². The highest BCUT2D eigenvalue weighted by atomic mass is 16.2. The number of amides is 2. The van der Waals surface area contributed by atoms with E-state index in [0.29, 0.717) is 23.5 Å². The minimum Gasteiger partial charge on any atom is -0.352 e. The van der Waals surface area contributed by atoms with Gasteiger partial charge in [0.25, 0.3) is 5.91 Å². The highest BCUT2D eigenvalue weighted by Gasteiger charge is 2.11. The van der Waals surface area contributed by atoms with E-state index >= 15 is 0 Å². The van der Waals surface area contributed by atoms with Crippen LogP contribution in [0.5, 0.6) is 0 Å². The van der Waals surface area contributed by atoms with Gasteiger partial charge >= 0.3 is 0 Å². The first-order valence-electron chi connectivity index (χ1n) is 7.48. The second-order valence-electron chi connectivity index (χ2n) is 4.88. The van der Waals surface area contributed by atoms with Crippen LogP contribution in [0.2, 0.25) is 0 Å². The van der Waals surface area contributed by atoms with Crippen molar-refractivity contribution in [3.05, 3.63) is 66.0 Å². The third kappa shape index (κ3) is 5.07. The Hall–Kier alpha value is -2.95. The Kier molecular flexibility index (Phi) is 6.06. The van der Waals surface area contributed by atoms with E-state index in [-0.39, 0.29) is 11.8 Å². The summed E-state index contributed by atoms with van der Waals surface area (Å²) in [4.78, 5) is 28.2. The number of rotatable bonds is 6. The molecule has 0 aliphatic heterocycles. The van der Waals surface area contributed by atoms with Gasteiger partial charge in [-0.05, 0) is 36.8 Å². The summed E-state index contributed by atoms with van der Waals surface area (Å²) in [6.45, 7) is 2.58. The summed E-state index contributed by atoms with van der Waals surface area (Å²) in [6, 6.07) is 12.4. The smallest absolute Gasteiger partial charge is 0.253 e. The van der Waals surface area contributed by atoms with Crippen LogP contribution in [0.4, 0.5) is 5.69 Å². The van der Waals surface area contributed by atoms with Gasteiger partial charge in [-0.25, -0.2) is 0 Å². The summed E-state index contributed by atoms with van der Waals surface area (Å²) >= 11 is 0. The number of benzene rings is 1. The zero-order valence-electron chi connectivity index (χ0n) is 13.0. The fraction of sp³-hybridized carbons (Fsp3) is 0.167. The van der Waals surface area contributed by atoms with Crippen LogP contribution in [0.1, 0.15) is 29.4 Å². The van der Waals surface area contributed by atoms with Crippen LogP contribution in [-0.4, -0.2) is 23.3 Å². The van der Waals surface area contributed by atoms with Gasteiger partial charge in [0, 0.05) is 18.8 Å². The molecule has 0 aliphatic carbocycles. The molecule has 2 aromatic rings. The average Bonchev–Trinajstić information content (AvgIpc) is 2.59. The van der Waals surface area contributed by atoms with Crippen molar-refractivity contribution < 1.29 is 9.59 Å². The molecular formula is C18H19N3O2. The Bertz CT molecular complexity index is 696. The Labute approximate surface area is 135 Å². The monoisotopic (exact) mass is 309 g/mol. The molecule has 0 saturated carbocycles.